The van der Waals surface area contributed by atoms with Gasteiger partial charge in [-0.25, -0.2) is 0 Å². The van der Waals surface area contributed by atoms with Crippen LogP contribution in [0, 0.1) is 23.7 Å². The monoisotopic (exact) mass is 386 g/mol. The molecular weight excluding hydrogens is 364 g/mol. The van der Waals surface area contributed by atoms with Crippen LogP contribution >= 0.6 is 0 Å². The maximum Gasteiger partial charge on any atom is 0.254 e. The summed E-state index contributed by atoms with van der Waals surface area (Å²) >= 11 is 0. The van der Waals surface area contributed by atoms with E-state index < -0.39 is 0 Å². The Labute approximate surface area is 169 Å². The lowest BCUT2D eigenvalue weighted by molar-refractivity contribution is -0.140. The van der Waals surface area contributed by atoms with Gasteiger partial charge in [0, 0.05) is 5.56 Å². The van der Waals surface area contributed by atoms with Gasteiger partial charge in [-0.15, -0.1) is 0 Å². The summed E-state index contributed by atoms with van der Waals surface area (Å²) in [5, 5.41) is 5.38. The number of hydrazone groups is 1. The van der Waals surface area contributed by atoms with Gasteiger partial charge in [0.25, 0.3) is 11.8 Å². The summed E-state index contributed by atoms with van der Waals surface area (Å²) in [5.41, 5.74) is 1.80. The average Bonchev–Trinajstić information content (AvgIpc) is 3.05. The lowest BCUT2D eigenvalue weighted by atomic mass is 9.63. The molecule has 4 atom stereocenters. The minimum atomic E-state index is -0.243. The number of benzene rings is 2. The highest BCUT2D eigenvalue weighted by Gasteiger charge is 2.56. The number of fused-ring (bicyclic) bond motifs is 1. The highest BCUT2D eigenvalue weighted by atomic mass is 16.5. The predicted molar refractivity (Wildman–Crippen MR) is 109 cm³/mol. The number of hydrogen-bond donors (Lipinski definition) is 0. The van der Waals surface area contributed by atoms with E-state index in [1.54, 1.807) is 6.21 Å². The van der Waals surface area contributed by atoms with Crippen molar-refractivity contribution in [1.29, 1.82) is 0 Å². The number of carbonyl (C=O) groups excluding carboxylic acids is 2. The Morgan fingerprint density at radius 2 is 1.52 bits per heavy atom. The van der Waals surface area contributed by atoms with Gasteiger partial charge in [0.2, 0.25) is 0 Å². The van der Waals surface area contributed by atoms with Crippen LogP contribution < -0.4 is 4.74 Å². The van der Waals surface area contributed by atoms with E-state index in [9.17, 15) is 9.59 Å². The van der Waals surface area contributed by atoms with Crippen LogP contribution in [-0.4, -0.2) is 23.0 Å². The van der Waals surface area contributed by atoms with E-state index in [1.807, 2.05) is 54.6 Å². The number of ether oxygens (including phenoxy) is 1. The van der Waals surface area contributed by atoms with Gasteiger partial charge in [0.1, 0.15) is 12.4 Å². The van der Waals surface area contributed by atoms with E-state index >= 15 is 0 Å². The lowest BCUT2D eigenvalue weighted by Gasteiger charge is -2.37. The number of para-hydroxylation sites is 1. The van der Waals surface area contributed by atoms with E-state index in [0.29, 0.717) is 12.4 Å². The molecule has 146 valence electrons. The summed E-state index contributed by atoms with van der Waals surface area (Å²) in [6.45, 7) is 0.437. The predicted octanol–water partition coefficient (Wildman–Crippen LogP) is 3.80. The van der Waals surface area contributed by atoms with Crippen molar-refractivity contribution in [2.75, 3.05) is 0 Å². The minimum Gasteiger partial charge on any atom is -0.488 e. The van der Waals surface area contributed by atoms with Crippen LogP contribution in [0.3, 0.4) is 0 Å². The number of rotatable bonds is 5. The van der Waals surface area contributed by atoms with Crippen molar-refractivity contribution in [2.45, 2.75) is 19.4 Å². The molecule has 3 aliphatic carbocycles. The highest BCUT2D eigenvalue weighted by molar-refractivity contribution is 6.06. The SMILES string of the molecule is O=C1[C@@H]2[C@@H](C(=O)N1/N=C\c1ccccc1OCc1ccccc1)[C@H]1C=C[C@H]2CC1. The zero-order valence-electron chi connectivity index (χ0n) is 16.0. The Bertz CT molecular complexity index is 966. The first-order valence-corrected chi connectivity index (χ1v) is 10.1. The Morgan fingerprint density at radius 1 is 0.897 bits per heavy atom. The Balaban J connectivity index is 1.34. The number of hydrogen-bond acceptors (Lipinski definition) is 4. The van der Waals surface area contributed by atoms with Crippen molar-refractivity contribution in [3.63, 3.8) is 0 Å². The van der Waals surface area contributed by atoms with Crippen LogP contribution in [0.2, 0.25) is 0 Å². The summed E-state index contributed by atoms with van der Waals surface area (Å²) in [6.07, 6.45) is 7.74. The van der Waals surface area contributed by atoms with Gasteiger partial charge in [-0.2, -0.15) is 10.1 Å². The first-order valence-electron chi connectivity index (χ1n) is 10.1. The van der Waals surface area contributed by atoms with E-state index in [2.05, 4.69) is 17.3 Å². The molecule has 1 saturated heterocycles. The molecule has 0 aromatic heterocycles. The second-order valence-electron chi connectivity index (χ2n) is 7.89. The molecule has 1 saturated carbocycles. The fraction of sp³-hybridized carbons (Fsp3) is 0.292. The molecule has 5 heteroatoms. The second kappa shape index (κ2) is 7.32. The summed E-state index contributed by atoms with van der Waals surface area (Å²) in [6, 6.07) is 17.4. The average molecular weight is 386 g/mol. The zero-order valence-corrected chi connectivity index (χ0v) is 16.0. The molecule has 4 aliphatic rings. The van der Waals surface area contributed by atoms with Gasteiger partial charge >= 0.3 is 0 Å². The first-order chi connectivity index (χ1) is 14.2. The molecule has 2 fully saturated rings. The van der Waals surface area contributed by atoms with Crippen LogP contribution in [0.5, 0.6) is 5.75 Å². The number of imide groups is 1. The molecule has 5 nitrogen and oxygen atoms in total. The highest BCUT2D eigenvalue weighted by Crippen LogP contribution is 2.49. The third-order valence-corrected chi connectivity index (χ3v) is 6.20. The number of nitrogens with zero attached hydrogens (tertiary/aromatic N) is 2. The topological polar surface area (TPSA) is 59.0 Å². The van der Waals surface area contributed by atoms with Crippen LogP contribution in [0.25, 0.3) is 0 Å². The zero-order chi connectivity index (χ0) is 19.8. The molecule has 0 N–H and O–H groups in total. The van der Waals surface area contributed by atoms with Crippen molar-refractivity contribution < 1.29 is 14.3 Å². The van der Waals surface area contributed by atoms with Crippen molar-refractivity contribution in [1.82, 2.24) is 5.01 Å². The molecule has 2 amide bonds. The smallest absolute Gasteiger partial charge is 0.254 e. The van der Waals surface area contributed by atoms with Crippen molar-refractivity contribution in [3.8, 4) is 5.75 Å². The molecule has 2 aromatic rings. The summed E-state index contributed by atoms with van der Waals surface area (Å²) in [4.78, 5) is 25.8. The molecule has 6 rings (SSSR count). The van der Waals surface area contributed by atoms with E-state index in [0.717, 1.165) is 29.0 Å². The molecule has 1 heterocycles. The summed E-state index contributed by atoms with van der Waals surface area (Å²) in [7, 11) is 0. The minimum absolute atomic E-state index is 0.169. The van der Waals surface area contributed by atoms with Crippen molar-refractivity contribution >= 4 is 18.0 Å². The normalized spacial score (nSPS) is 27.7. The lowest BCUT2D eigenvalue weighted by Crippen LogP contribution is -2.38. The molecule has 0 radical (unpaired) electrons. The largest absolute Gasteiger partial charge is 0.488 e. The van der Waals surface area contributed by atoms with E-state index in [-0.39, 0.29) is 35.5 Å². The van der Waals surface area contributed by atoms with Gasteiger partial charge in [0.15, 0.2) is 0 Å². The first kappa shape index (κ1) is 17.9. The molecule has 2 bridgehead atoms. The van der Waals surface area contributed by atoms with Crippen LogP contribution in [0.4, 0.5) is 0 Å². The van der Waals surface area contributed by atoms with E-state index in [4.69, 9.17) is 4.74 Å². The molecule has 0 unspecified atom stereocenters. The Kier molecular flexibility index (Phi) is 4.51. The third kappa shape index (κ3) is 3.16. The second-order valence-corrected chi connectivity index (χ2v) is 7.89. The van der Waals surface area contributed by atoms with Gasteiger partial charge in [-0.3, -0.25) is 9.59 Å². The number of carbonyl (C=O) groups is 2. The summed E-state index contributed by atoms with van der Waals surface area (Å²) in [5.74, 6) is 0.182. The Morgan fingerprint density at radius 3 is 2.17 bits per heavy atom. The van der Waals surface area contributed by atoms with Gasteiger partial charge in [-0.1, -0.05) is 54.6 Å². The maximum atomic E-state index is 12.9. The van der Waals surface area contributed by atoms with E-state index in [1.165, 1.54) is 0 Å². The van der Waals surface area contributed by atoms with Crippen LogP contribution in [0.1, 0.15) is 24.0 Å². The van der Waals surface area contributed by atoms with Crippen molar-refractivity contribution in [3.05, 3.63) is 77.9 Å². The van der Waals surface area contributed by atoms with Gasteiger partial charge < -0.3 is 4.74 Å². The Hall–Kier alpha value is -3.21. The molecule has 1 aliphatic heterocycles. The third-order valence-electron chi connectivity index (χ3n) is 6.20. The van der Waals surface area contributed by atoms with Gasteiger partial charge in [0.05, 0.1) is 18.1 Å². The van der Waals surface area contributed by atoms with Gasteiger partial charge in [-0.05, 0) is 42.4 Å². The molecular formula is C24H22N2O3. The molecule has 29 heavy (non-hydrogen) atoms. The van der Waals surface area contributed by atoms with Crippen LogP contribution in [0.15, 0.2) is 71.9 Å². The quantitative estimate of drug-likeness (QED) is 0.446. The molecule has 2 aromatic carbocycles. The maximum absolute atomic E-state index is 12.9. The summed E-state index contributed by atoms with van der Waals surface area (Å²) < 4.78 is 5.94. The molecule has 0 spiro atoms. The fourth-order valence-corrected chi connectivity index (χ4v) is 4.75. The van der Waals surface area contributed by atoms with Crippen LogP contribution in [-0.2, 0) is 16.2 Å². The number of amides is 2. The fourth-order valence-electron chi connectivity index (χ4n) is 4.75. The standard InChI is InChI=1S/C24H22N2O3/c27-23-21-17-10-11-18(13-12-17)22(21)24(28)26(23)25-14-19-8-4-5-9-20(19)29-15-16-6-2-1-3-7-16/h1-11,14,17-18,21-22H,12-13,15H2/b25-14-/t17-,18-,21-,22-/m0/s1. The number of allylic oxidation sites excluding steroid dienone is 2. The van der Waals surface area contributed by atoms with Crippen molar-refractivity contribution in [2.24, 2.45) is 28.8 Å².